The summed E-state index contributed by atoms with van der Waals surface area (Å²) in [6, 6.07) is 4.57. The molecule has 1 aromatic rings. The summed E-state index contributed by atoms with van der Waals surface area (Å²) in [5, 5.41) is 4.24. The first-order valence-corrected chi connectivity index (χ1v) is 5.27. The van der Waals surface area contributed by atoms with Gasteiger partial charge < -0.3 is 16.4 Å². The van der Waals surface area contributed by atoms with Crippen molar-refractivity contribution in [2.75, 3.05) is 18.4 Å². The van der Waals surface area contributed by atoms with Gasteiger partial charge in [0.2, 0.25) is 11.8 Å². The summed E-state index contributed by atoms with van der Waals surface area (Å²) in [6.07, 6.45) is -4.57. The zero-order valence-electron chi connectivity index (χ0n) is 9.75. The third-order valence-corrected chi connectivity index (χ3v) is 2.14. The monoisotopic (exact) mass is 275 g/mol. The highest BCUT2D eigenvalue weighted by Gasteiger charge is 2.33. The molecule has 0 fully saturated rings. The maximum Gasteiger partial charge on any atom is 0.418 e. The molecule has 0 aromatic heterocycles. The third-order valence-electron chi connectivity index (χ3n) is 2.14. The minimum atomic E-state index is -4.57. The van der Waals surface area contributed by atoms with Gasteiger partial charge in [0.05, 0.1) is 24.3 Å². The largest absolute Gasteiger partial charge is 0.418 e. The molecule has 0 spiro atoms. The summed E-state index contributed by atoms with van der Waals surface area (Å²) in [4.78, 5) is 22.2. The van der Waals surface area contributed by atoms with Crippen molar-refractivity contribution in [1.29, 1.82) is 0 Å². The Morgan fingerprint density at radius 1 is 1.16 bits per heavy atom. The van der Waals surface area contributed by atoms with E-state index in [1.54, 1.807) is 0 Å². The number of nitrogens with two attached hydrogens (primary N) is 1. The molecule has 0 unspecified atom stereocenters. The molecule has 2 amide bonds. The van der Waals surface area contributed by atoms with E-state index < -0.39 is 30.1 Å². The summed E-state index contributed by atoms with van der Waals surface area (Å²) in [7, 11) is 0. The summed E-state index contributed by atoms with van der Waals surface area (Å²) in [6.45, 7) is -0.741. The van der Waals surface area contributed by atoms with E-state index in [1.165, 1.54) is 12.1 Å². The van der Waals surface area contributed by atoms with E-state index in [-0.39, 0.29) is 12.2 Å². The number of amides is 2. The van der Waals surface area contributed by atoms with Gasteiger partial charge >= 0.3 is 6.18 Å². The summed E-state index contributed by atoms with van der Waals surface area (Å²) >= 11 is 0. The van der Waals surface area contributed by atoms with E-state index in [4.69, 9.17) is 5.73 Å². The first-order valence-electron chi connectivity index (χ1n) is 5.27. The smallest absolute Gasteiger partial charge is 0.346 e. The van der Waals surface area contributed by atoms with E-state index >= 15 is 0 Å². The Hall–Kier alpha value is -2.09. The minimum absolute atomic E-state index is 0.299. The van der Waals surface area contributed by atoms with E-state index in [0.717, 1.165) is 12.1 Å². The van der Waals surface area contributed by atoms with Crippen LogP contribution in [0, 0.1) is 0 Å². The zero-order chi connectivity index (χ0) is 14.5. The van der Waals surface area contributed by atoms with Crippen LogP contribution in [0.4, 0.5) is 18.9 Å². The van der Waals surface area contributed by atoms with Gasteiger partial charge in [0.1, 0.15) is 0 Å². The average molecular weight is 275 g/mol. The Balaban J connectivity index is 2.72. The quantitative estimate of drug-likeness (QED) is 0.757. The lowest BCUT2D eigenvalue weighted by Gasteiger charge is -2.13. The van der Waals surface area contributed by atoms with Crippen molar-refractivity contribution in [3.63, 3.8) is 0 Å². The van der Waals surface area contributed by atoms with Crippen LogP contribution in [0.3, 0.4) is 0 Å². The Morgan fingerprint density at radius 2 is 1.79 bits per heavy atom. The number of para-hydroxylation sites is 1. The number of anilines is 1. The summed E-state index contributed by atoms with van der Waals surface area (Å²) in [5.74, 6) is -1.34. The Bertz CT molecular complexity index is 474. The predicted molar refractivity (Wildman–Crippen MR) is 62.1 cm³/mol. The predicted octanol–water partition coefficient (Wildman–Crippen LogP) is 0.719. The van der Waals surface area contributed by atoms with E-state index in [9.17, 15) is 22.8 Å². The molecule has 0 saturated heterocycles. The van der Waals surface area contributed by atoms with Gasteiger partial charge in [0, 0.05) is 0 Å². The number of benzene rings is 1. The number of hydrogen-bond donors (Lipinski definition) is 3. The lowest BCUT2D eigenvalue weighted by Crippen LogP contribution is -2.36. The van der Waals surface area contributed by atoms with Crippen LogP contribution in [0.25, 0.3) is 0 Å². The van der Waals surface area contributed by atoms with E-state index in [2.05, 4.69) is 10.6 Å². The second-order valence-corrected chi connectivity index (χ2v) is 3.57. The molecule has 0 saturated carbocycles. The molecular formula is C11H12F3N3O2. The van der Waals surface area contributed by atoms with Gasteiger partial charge in [0.15, 0.2) is 0 Å². The van der Waals surface area contributed by atoms with E-state index in [0.29, 0.717) is 0 Å². The fourth-order valence-electron chi connectivity index (χ4n) is 1.28. The highest BCUT2D eigenvalue weighted by atomic mass is 19.4. The number of hydrogen-bond acceptors (Lipinski definition) is 3. The van der Waals surface area contributed by atoms with Crippen molar-refractivity contribution in [3.8, 4) is 0 Å². The number of alkyl halides is 3. The van der Waals surface area contributed by atoms with Crippen molar-refractivity contribution in [2.24, 2.45) is 5.73 Å². The number of halogens is 3. The number of carbonyl (C=O) groups is 2. The molecule has 0 atom stereocenters. The Labute approximate surface area is 107 Å². The average Bonchev–Trinajstić information content (AvgIpc) is 2.35. The molecule has 0 aliphatic carbocycles. The number of rotatable bonds is 4. The highest BCUT2D eigenvalue weighted by molar-refractivity contribution is 5.95. The summed E-state index contributed by atoms with van der Waals surface area (Å²) < 4.78 is 37.9. The van der Waals surface area contributed by atoms with Crippen LogP contribution >= 0.6 is 0 Å². The molecule has 104 valence electrons. The van der Waals surface area contributed by atoms with Gasteiger partial charge in [-0.25, -0.2) is 0 Å². The summed E-state index contributed by atoms with van der Waals surface area (Å²) in [5.41, 5.74) is 3.69. The zero-order valence-corrected chi connectivity index (χ0v) is 9.75. The maximum absolute atomic E-state index is 12.6. The lowest BCUT2D eigenvalue weighted by atomic mass is 10.1. The molecule has 4 N–H and O–H groups in total. The molecule has 0 radical (unpaired) electrons. The first-order chi connectivity index (χ1) is 8.84. The van der Waals surface area contributed by atoms with Crippen LogP contribution in [0.1, 0.15) is 5.56 Å². The topological polar surface area (TPSA) is 84.2 Å². The molecule has 0 aliphatic rings. The molecule has 0 heterocycles. The minimum Gasteiger partial charge on any atom is -0.346 e. The third kappa shape index (κ3) is 4.59. The van der Waals surface area contributed by atoms with Crippen LogP contribution in [-0.4, -0.2) is 24.9 Å². The molecule has 1 rings (SSSR count). The van der Waals surface area contributed by atoms with Crippen LogP contribution in [0.2, 0.25) is 0 Å². The van der Waals surface area contributed by atoms with Crippen LogP contribution in [0.5, 0.6) is 0 Å². The van der Waals surface area contributed by atoms with Crippen molar-refractivity contribution in [1.82, 2.24) is 5.32 Å². The normalized spacial score (nSPS) is 10.9. The first kappa shape index (κ1) is 15.0. The van der Waals surface area contributed by atoms with Gasteiger partial charge in [0.25, 0.3) is 0 Å². The van der Waals surface area contributed by atoms with Gasteiger partial charge in [-0.15, -0.1) is 0 Å². The second-order valence-electron chi connectivity index (χ2n) is 3.57. The molecular weight excluding hydrogens is 263 g/mol. The highest BCUT2D eigenvalue weighted by Crippen LogP contribution is 2.34. The van der Waals surface area contributed by atoms with Gasteiger partial charge in [-0.2, -0.15) is 13.2 Å². The maximum atomic E-state index is 12.6. The van der Waals surface area contributed by atoms with E-state index in [1.807, 2.05) is 0 Å². The Kier molecular flexibility index (Phi) is 4.87. The van der Waals surface area contributed by atoms with Gasteiger partial charge in [-0.05, 0) is 12.1 Å². The van der Waals surface area contributed by atoms with Crippen LogP contribution < -0.4 is 16.4 Å². The Morgan fingerprint density at radius 3 is 2.37 bits per heavy atom. The number of nitrogens with one attached hydrogen (secondary N) is 2. The van der Waals surface area contributed by atoms with Gasteiger partial charge in [-0.1, -0.05) is 12.1 Å². The van der Waals surface area contributed by atoms with Crippen LogP contribution in [0.15, 0.2) is 24.3 Å². The van der Waals surface area contributed by atoms with Crippen molar-refractivity contribution >= 4 is 17.5 Å². The molecule has 19 heavy (non-hydrogen) atoms. The molecule has 8 heteroatoms. The SMILES string of the molecule is NCC(=O)NCC(=O)Nc1ccccc1C(F)(F)F. The molecule has 0 aliphatic heterocycles. The fourth-order valence-corrected chi connectivity index (χ4v) is 1.28. The van der Waals surface area contributed by atoms with Crippen molar-refractivity contribution < 1.29 is 22.8 Å². The molecule has 5 nitrogen and oxygen atoms in total. The van der Waals surface area contributed by atoms with Crippen molar-refractivity contribution in [2.45, 2.75) is 6.18 Å². The van der Waals surface area contributed by atoms with Gasteiger partial charge in [-0.3, -0.25) is 9.59 Å². The van der Waals surface area contributed by atoms with Crippen molar-refractivity contribution in [3.05, 3.63) is 29.8 Å². The lowest BCUT2D eigenvalue weighted by molar-refractivity contribution is -0.137. The fraction of sp³-hybridized carbons (Fsp3) is 0.273. The standard InChI is InChI=1S/C11H12F3N3O2/c12-11(13,14)7-3-1-2-4-8(7)17-10(19)6-16-9(18)5-15/h1-4H,5-6,15H2,(H,16,18)(H,17,19). The van der Waals surface area contributed by atoms with Crippen LogP contribution in [-0.2, 0) is 15.8 Å². The number of carbonyl (C=O) groups excluding carboxylic acids is 2. The molecule has 1 aromatic carbocycles. The second kappa shape index (κ2) is 6.19. The molecule has 0 bridgehead atoms.